The van der Waals surface area contributed by atoms with E-state index in [2.05, 4.69) is 12.2 Å². The number of carbonyl (C=O) groups is 1. The highest BCUT2D eigenvalue weighted by atomic mass is 16.5. The molecule has 2 heterocycles. The van der Waals surface area contributed by atoms with Gasteiger partial charge in [0.2, 0.25) is 5.91 Å². The summed E-state index contributed by atoms with van der Waals surface area (Å²) in [4.78, 5) is 14.3. The van der Waals surface area contributed by atoms with Gasteiger partial charge < -0.3 is 15.0 Å². The highest BCUT2D eigenvalue weighted by Crippen LogP contribution is 2.18. The first-order chi connectivity index (χ1) is 7.72. The van der Waals surface area contributed by atoms with Gasteiger partial charge in [-0.3, -0.25) is 4.79 Å². The van der Waals surface area contributed by atoms with Crippen LogP contribution in [0.2, 0.25) is 0 Å². The lowest BCUT2D eigenvalue weighted by Crippen LogP contribution is -2.55. The maximum absolute atomic E-state index is 12.3. The maximum Gasteiger partial charge on any atom is 0.240 e. The third-order valence-electron chi connectivity index (χ3n) is 3.58. The Morgan fingerprint density at radius 3 is 3.00 bits per heavy atom. The van der Waals surface area contributed by atoms with Gasteiger partial charge in [0.1, 0.15) is 0 Å². The van der Waals surface area contributed by atoms with Crippen LogP contribution in [0.15, 0.2) is 0 Å². The Morgan fingerprint density at radius 2 is 2.38 bits per heavy atom. The molecule has 2 aliphatic heterocycles. The third-order valence-corrected chi connectivity index (χ3v) is 3.58. The number of hydrogen-bond donors (Lipinski definition) is 1. The van der Waals surface area contributed by atoms with Crippen molar-refractivity contribution in [1.82, 2.24) is 10.2 Å². The number of hydrogen-bond acceptors (Lipinski definition) is 3. The van der Waals surface area contributed by atoms with Crippen molar-refractivity contribution in [3.05, 3.63) is 0 Å². The van der Waals surface area contributed by atoms with Crippen LogP contribution >= 0.6 is 0 Å². The first-order valence-corrected chi connectivity index (χ1v) is 6.37. The predicted octanol–water partition coefficient (Wildman–Crippen LogP) is 0.764. The third kappa shape index (κ3) is 2.38. The van der Waals surface area contributed by atoms with Gasteiger partial charge in [-0.1, -0.05) is 6.92 Å². The Bertz CT molecular complexity index is 251. The summed E-state index contributed by atoms with van der Waals surface area (Å²) in [6.45, 7) is 6.57. The molecule has 2 fully saturated rings. The standard InChI is InChI=1S/C12H22N2O2/c1-3-10-8-16-9(2)7-14(10)12(15)11-5-4-6-13-11/h9-11,13H,3-8H2,1-2H3/t9?,10?,11-/m0/s1. The first kappa shape index (κ1) is 11.9. The fraction of sp³-hybridized carbons (Fsp3) is 0.917. The summed E-state index contributed by atoms with van der Waals surface area (Å²) >= 11 is 0. The van der Waals surface area contributed by atoms with Crippen LogP contribution in [-0.2, 0) is 9.53 Å². The number of amides is 1. The Labute approximate surface area is 97.3 Å². The minimum Gasteiger partial charge on any atom is -0.375 e. The topological polar surface area (TPSA) is 41.6 Å². The fourth-order valence-electron chi connectivity index (χ4n) is 2.55. The molecule has 4 nitrogen and oxygen atoms in total. The molecule has 0 radical (unpaired) electrons. The Morgan fingerprint density at radius 1 is 1.56 bits per heavy atom. The second kappa shape index (κ2) is 5.15. The van der Waals surface area contributed by atoms with E-state index in [9.17, 15) is 4.79 Å². The second-order valence-corrected chi connectivity index (χ2v) is 4.85. The summed E-state index contributed by atoms with van der Waals surface area (Å²) in [7, 11) is 0. The van der Waals surface area contributed by atoms with Crippen LogP contribution in [0.25, 0.3) is 0 Å². The summed E-state index contributed by atoms with van der Waals surface area (Å²) in [6.07, 6.45) is 3.26. The van der Waals surface area contributed by atoms with Crippen LogP contribution in [0.4, 0.5) is 0 Å². The van der Waals surface area contributed by atoms with Crippen LogP contribution in [0.3, 0.4) is 0 Å². The molecule has 2 rings (SSSR count). The van der Waals surface area contributed by atoms with Gasteiger partial charge >= 0.3 is 0 Å². The average Bonchev–Trinajstić information content (AvgIpc) is 2.81. The highest BCUT2D eigenvalue weighted by Gasteiger charge is 2.34. The SMILES string of the molecule is CCC1COC(C)CN1C(=O)[C@@H]1CCCN1. The van der Waals surface area contributed by atoms with Crippen molar-refractivity contribution in [1.29, 1.82) is 0 Å². The number of nitrogens with zero attached hydrogens (tertiary/aromatic N) is 1. The lowest BCUT2D eigenvalue weighted by Gasteiger charge is -2.39. The fourth-order valence-corrected chi connectivity index (χ4v) is 2.55. The van der Waals surface area contributed by atoms with Crippen LogP contribution in [-0.4, -0.2) is 48.7 Å². The van der Waals surface area contributed by atoms with E-state index >= 15 is 0 Å². The normalized spacial score (nSPS) is 35.4. The van der Waals surface area contributed by atoms with E-state index in [4.69, 9.17) is 4.74 Å². The van der Waals surface area contributed by atoms with Crippen molar-refractivity contribution in [2.45, 2.75) is 51.3 Å². The van der Waals surface area contributed by atoms with E-state index in [1.54, 1.807) is 0 Å². The van der Waals surface area contributed by atoms with Gasteiger partial charge in [0.15, 0.2) is 0 Å². The van der Waals surface area contributed by atoms with Crippen molar-refractivity contribution < 1.29 is 9.53 Å². The molecule has 2 unspecified atom stereocenters. The molecule has 1 N–H and O–H groups in total. The van der Waals surface area contributed by atoms with Crippen molar-refractivity contribution in [2.75, 3.05) is 19.7 Å². The molecule has 3 atom stereocenters. The smallest absolute Gasteiger partial charge is 0.240 e. The molecule has 16 heavy (non-hydrogen) atoms. The van der Waals surface area contributed by atoms with Gasteiger partial charge in [0, 0.05) is 6.54 Å². The van der Waals surface area contributed by atoms with Crippen LogP contribution in [0.5, 0.6) is 0 Å². The maximum atomic E-state index is 12.3. The molecule has 1 amide bonds. The number of ether oxygens (including phenoxy) is 1. The van der Waals surface area contributed by atoms with E-state index in [0.717, 1.165) is 32.4 Å². The van der Waals surface area contributed by atoms with Gasteiger partial charge in [-0.05, 0) is 32.7 Å². The minimum absolute atomic E-state index is 0.0550. The van der Waals surface area contributed by atoms with E-state index in [1.165, 1.54) is 0 Å². The highest BCUT2D eigenvalue weighted by molar-refractivity contribution is 5.82. The minimum atomic E-state index is 0.0550. The number of nitrogens with one attached hydrogen (secondary N) is 1. The number of rotatable bonds is 2. The monoisotopic (exact) mass is 226 g/mol. The Kier molecular flexibility index (Phi) is 3.82. The van der Waals surface area contributed by atoms with Crippen LogP contribution in [0.1, 0.15) is 33.1 Å². The molecule has 92 valence electrons. The van der Waals surface area contributed by atoms with Gasteiger partial charge in [0.05, 0.1) is 24.8 Å². The number of morpholine rings is 1. The van der Waals surface area contributed by atoms with Crippen LogP contribution in [0, 0.1) is 0 Å². The molecular weight excluding hydrogens is 204 g/mol. The lowest BCUT2D eigenvalue weighted by molar-refractivity contribution is -0.146. The average molecular weight is 226 g/mol. The molecule has 2 aliphatic rings. The molecule has 0 spiro atoms. The zero-order chi connectivity index (χ0) is 11.5. The lowest BCUT2D eigenvalue weighted by atomic mass is 10.1. The van der Waals surface area contributed by atoms with Gasteiger partial charge in [-0.2, -0.15) is 0 Å². The van der Waals surface area contributed by atoms with E-state index in [1.807, 2.05) is 11.8 Å². The van der Waals surface area contributed by atoms with Crippen molar-refractivity contribution in [2.24, 2.45) is 0 Å². The van der Waals surface area contributed by atoms with E-state index in [0.29, 0.717) is 6.61 Å². The molecule has 0 saturated carbocycles. The van der Waals surface area contributed by atoms with Crippen molar-refractivity contribution in [3.63, 3.8) is 0 Å². The van der Waals surface area contributed by atoms with Gasteiger partial charge in [-0.25, -0.2) is 0 Å². The summed E-state index contributed by atoms with van der Waals surface area (Å²) in [6, 6.07) is 0.324. The second-order valence-electron chi connectivity index (χ2n) is 4.85. The molecule has 0 aromatic heterocycles. The number of carbonyl (C=O) groups excluding carboxylic acids is 1. The first-order valence-electron chi connectivity index (χ1n) is 6.37. The molecule has 0 aliphatic carbocycles. The van der Waals surface area contributed by atoms with Crippen molar-refractivity contribution >= 4 is 5.91 Å². The zero-order valence-corrected chi connectivity index (χ0v) is 10.2. The van der Waals surface area contributed by atoms with Gasteiger partial charge in [0.25, 0.3) is 0 Å². The summed E-state index contributed by atoms with van der Waals surface area (Å²) in [5.41, 5.74) is 0. The molecular formula is C12H22N2O2. The Hall–Kier alpha value is -0.610. The Balaban J connectivity index is 2.00. The van der Waals surface area contributed by atoms with E-state index < -0.39 is 0 Å². The summed E-state index contributed by atoms with van der Waals surface area (Å²) in [5.74, 6) is 0.277. The summed E-state index contributed by atoms with van der Waals surface area (Å²) < 4.78 is 5.61. The molecule has 0 bridgehead atoms. The molecule has 4 heteroatoms. The quantitative estimate of drug-likeness (QED) is 0.756. The summed E-state index contributed by atoms with van der Waals surface area (Å²) in [5, 5.41) is 3.28. The van der Waals surface area contributed by atoms with E-state index in [-0.39, 0.29) is 24.1 Å². The van der Waals surface area contributed by atoms with Crippen molar-refractivity contribution in [3.8, 4) is 0 Å². The predicted molar refractivity (Wildman–Crippen MR) is 62.2 cm³/mol. The zero-order valence-electron chi connectivity index (χ0n) is 10.2. The molecule has 0 aromatic rings. The van der Waals surface area contributed by atoms with Gasteiger partial charge in [-0.15, -0.1) is 0 Å². The molecule has 2 saturated heterocycles. The van der Waals surface area contributed by atoms with Crippen LogP contribution < -0.4 is 5.32 Å². The molecule has 0 aromatic carbocycles. The largest absolute Gasteiger partial charge is 0.375 e.